The molecule has 3 aromatic rings. The van der Waals surface area contributed by atoms with E-state index in [4.69, 9.17) is 28.5 Å². The maximum atomic E-state index is 13.7. The first-order valence-corrected chi connectivity index (χ1v) is 12.6. The highest BCUT2D eigenvalue weighted by atomic mass is 16.8. The van der Waals surface area contributed by atoms with E-state index in [2.05, 4.69) is 4.98 Å². The standard InChI is InChI=1S/C28H28N2O11/c1-15(31)36-14-22-23(37-16(2)32)24(38-17(3)33)25(39-18(4)34)28(40-22)41-30-26(19-10-6-5-7-11-19)29-21-13-9-8-12-20(21)27(30)35/h5-13,22-25,28H,14H2,1-4H3/t22-,23+,24-,25-,28?/m1/s1. The summed E-state index contributed by atoms with van der Waals surface area (Å²) in [4.78, 5) is 72.2. The van der Waals surface area contributed by atoms with Gasteiger partial charge in [-0.25, -0.2) is 4.98 Å². The number of benzene rings is 2. The summed E-state index contributed by atoms with van der Waals surface area (Å²) in [5, 5.41) is 0.220. The number of carbonyl (C=O) groups excluding carboxylic acids is 4. The van der Waals surface area contributed by atoms with Gasteiger partial charge in [-0.05, 0) is 12.1 Å². The molecule has 5 atom stereocenters. The van der Waals surface area contributed by atoms with Gasteiger partial charge in [0.05, 0.1) is 10.9 Å². The van der Waals surface area contributed by atoms with E-state index in [0.717, 1.165) is 32.4 Å². The fourth-order valence-corrected chi connectivity index (χ4v) is 4.36. The highest BCUT2D eigenvalue weighted by Gasteiger charge is 2.54. The maximum Gasteiger partial charge on any atom is 0.303 e. The number of esters is 4. The van der Waals surface area contributed by atoms with Crippen molar-refractivity contribution in [1.29, 1.82) is 0 Å². The van der Waals surface area contributed by atoms with Crippen molar-refractivity contribution in [3.63, 3.8) is 0 Å². The maximum absolute atomic E-state index is 13.7. The van der Waals surface area contributed by atoms with Gasteiger partial charge in [0, 0.05) is 33.3 Å². The normalized spacial score (nSPS) is 21.9. The lowest BCUT2D eigenvalue weighted by Crippen LogP contribution is -2.64. The lowest BCUT2D eigenvalue weighted by atomic mass is 9.98. The van der Waals surface area contributed by atoms with Gasteiger partial charge in [-0.1, -0.05) is 42.5 Å². The first-order chi connectivity index (χ1) is 19.5. The molecule has 0 N–H and O–H groups in total. The summed E-state index contributed by atoms with van der Waals surface area (Å²) in [5.74, 6) is -2.95. The molecular formula is C28H28N2O11. The van der Waals surface area contributed by atoms with Crippen molar-refractivity contribution in [2.45, 2.75) is 58.4 Å². The zero-order chi connectivity index (χ0) is 29.7. The molecule has 1 aromatic heterocycles. The second kappa shape index (κ2) is 12.6. The molecular weight excluding hydrogens is 540 g/mol. The largest absolute Gasteiger partial charge is 0.463 e. The first-order valence-electron chi connectivity index (χ1n) is 12.6. The predicted octanol–water partition coefficient (Wildman–Crippen LogP) is 1.58. The molecule has 0 bridgehead atoms. The Morgan fingerprint density at radius 3 is 2.00 bits per heavy atom. The van der Waals surface area contributed by atoms with Crippen LogP contribution in [0.5, 0.6) is 0 Å². The highest BCUT2D eigenvalue weighted by molar-refractivity contribution is 5.79. The van der Waals surface area contributed by atoms with Crippen LogP contribution in [-0.2, 0) is 42.9 Å². The monoisotopic (exact) mass is 568 g/mol. The lowest BCUT2D eigenvalue weighted by Gasteiger charge is -2.43. The Kier molecular flexibility index (Phi) is 8.97. The van der Waals surface area contributed by atoms with E-state index >= 15 is 0 Å². The summed E-state index contributed by atoms with van der Waals surface area (Å²) in [7, 11) is 0. The van der Waals surface area contributed by atoms with Crippen molar-refractivity contribution >= 4 is 34.8 Å². The molecule has 1 aliphatic heterocycles. The number of rotatable bonds is 8. The summed E-state index contributed by atoms with van der Waals surface area (Å²) in [6, 6.07) is 15.3. The minimum atomic E-state index is -1.63. The van der Waals surface area contributed by atoms with Gasteiger partial charge >= 0.3 is 23.9 Å². The van der Waals surface area contributed by atoms with Gasteiger partial charge in [-0.15, -0.1) is 4.73 Å². The Morgan fingerprint density at radius 1 is 0.780 bits per heavy atom. The molecule has 41 heavy (non-hydrogen) atoms. The molecule has 13 nitrogen and oxygen atoms in total. The molecule has 1 unspecified atom stereocenters. The van der Waals surface area contributed by atoms with Gasteiger partial charge in [0.2, 0.25) is 6.10 Å². The number of carbonyl (C=O) groups is 4. The van der Waals surface area contributed by atoms with Crippen LogP contribution >= 0.6 is 0 Å². The molecule has 1 aliphatic rings. The summed E-state index contributed by atoms with van der Waals surface area (Å²) in [6.45, 7) is 4.03. The fourth-order valence-electron chi connectivity index (χ4n) is 4.36. The Morgan fingerprint density at radius 2 is 1.37 bits per heavy atom. The van der Waals surface area contributed by atoms with Crippen LogP contribution in [0.3, 0.4) is 0 Å². The van der Waals surface area contributed by atoms with Crippen LogP contribution < -0.4 is 10.4 Å². The predicted molar refractivity (Wildman–Crippen MR) is 140 cm³/mol. The van der Waals surface area contributed by atoms with Crippen molar-refractivity contribution in [2.24, 2.45) is 0 Å². The van der Waals surface area contributed by atoms with Gasteiger partial charge in [0.1, 0.15) is 12.7 Å². The molecule has 2 heterocycles. The van der Waals surface area contributed by atoms with Crippen LogP contribution in [0.4, 0.5) is 0 Å². The number of para-hydroxylation sites is 1. The third-order valence-electron chi connectivity index (χ3n) is 5.93. The van der Waals surface area contributed by atoms with E-state index in [-0.39, 0.29) is 11.2 Å². The minimum absolute atomic E-state index is 0.0992. The van der Waals surface area contributed by atoms with Crippen molar-refractivity contribution in [2.75, 3.05) is 6.61 Å². The van der Waals surface area contributed by atoms with Crippen molar-refractivity contribution in [3.8, 4) is 11.4 Å². The molecule has 0 radical (unpaired) electrons. The Labute approximate surface area is 233 Å². The van der Waals surface area contributed by atoms with Crippen LogP contribution in [0, 0.1) is 0 Å². The zero-order valence-electron chi connectivity index (χ0n) is 22.7. The van der Waals surface area contributed by atoms with Crippen molar-refractivity contribution in [3.05, 3.63) is 65.0 Å². The SMILES string of the molecule is CC(=O)OC[C@H]1OC(On2c(-c3ccccc3)nc3ccccc3c2=O)[C@H](OC(C)=O)[C@H](OC(C)=O)[C@H]1OC(C)=O. The van der Waals surface area contributed by atoms with Gasteiger partial charge in [-0.3, -0.25) is 24.0 Å². The number of hydrogen-bond donors (Lipinski definition) is 0. The van der Waals surface area contributed by atoms with Crippen LogP contribution in [-0.4, -0.2) is 70.9 Å². The summed E-state index contributed by atoms with van der Waals surface area (Å²) >= 11 is 0. The molecule has 0 amide bonds. The first kappa shape index (κ1) is 29.2. The molecule has 216 valence electrons. The van der Waals surface area contributed by atoms with Crippen molar-refractivity contribution < 1.29 is 47.7 Å². The number of aromatic nitrogens is 2. The topological polar surface area (TPSA) is 159 Å². The summed E-state index contributed by atoms with van der Waals surface area (Å²) < 4.78 is 28.3. The average molecular weight is 569 g/mol. The number of nitrogens with zero attached hydrogens (tertiary/aromatic N) is 2. The van der Waals surface area contributed by atoms with Crippen LogP contribution in [0.15, 0.2) is 59.4 Å². The zero-order valence-corrected chi connectivity index (χ0v) is 22.7. The van der Waals surface area contributed by atoms with E-state index in [1.165, 1.54) is 0 Å². The van der Waals surface area contributed by atoms with E-state index < -0.39 is 66.7 Å². The van der Waals surface area contributed by atoms with Crippen molar-refractivity contribution in [1.82, 2.24) is 9.71 Å². The Bertz CT molecular complexity index is 1500. The summed E-state index contributed by atoms with van der Waals surface area (Å²) in [5.41, 5.74) is 0.307. The van der Waals surface area contributed by atoms with E-state index in [1.807, 2.05) is 0 Å². The quantitative estimate of drug-likeness (QED) is 0.286. The molecule has 13 heteroatoms. The Balaban J connectivity index is 1.86. The number of hydrogen-bond acceptors (Lipinski definition) is 12. The third kappa shape index (κ3) is 6.87. The second-order valence-corrected chi connectivity index (χ2v) is 9.09. The van der Waals surface area contributed by atoms with Gasteiger partial charge in [-0.2, -0.15) is 0 Å². The molecule has 1 fully saturated rings. The Hall–Kier alpha value is -4.78. The van der Waals surface area contributed by atoms with E-state index in [1.54, 1.807) is 54.6 Å². The number of fused-ring (bicyclic) bond motifs is 1. The highest BCUT2D eigenvalue weighted by Crippen LogP contribution is 2.30. The third-order valence-corrected chi connectivity index (χ3v) is 5.93. The molecule has 0 aliphatic carbocycles. The number of ether oxygens (including phenoxy) is 5. The summed E-state index contributed by atoms with van der Waals surface area (Å²) in [6.07, 6.45) is -7.26. The average Bonchev–Trinajstić information content (AvgIpc) is 2.92. The molecule has 1 saturated heterocycles. The smallest absolute Gasteiger partial charge is 0.303 e. The minimum Gasteiger partial charge on any atom is -0.463 e. The van der Waals surface area contributed by atoms with Crippen LogP contribution in [0.25, 0.3) is 22.3 Å². The van der Waals surface area contributed by atoms with Crippen LogP contribution in [0.2, 0.25) is 0 Å². The second-order valence-electron chi connectivity index (χ2n) is 9.09. The fraction of sp³-hybridized carbons (Fsp3) is 0.357. The lowest BCUT2D eigenvalue weighted by molar-refractivity contribution is -0.307. The molecule has 4 rings (SSSR count). The van der Waals surface area contributed by atoms with Gasteiger partial charge < -0.3 is 28.5 Å². The van der Waals surface area contributed by atoms with Gasteiger partial charge in [0.15, 0.2) is 18.0 Å². The van der Waals surface area contributed by atoms with Gasteiger partial charge in [0.25, 0.3) is 11.8 Å². The molecule has 0 spiro atoms. The van der Waals surface area contributed by atoms with E-state index in [9.17, 15) is 24.0 Å². The van der Waals surface area contributed by atoms with Crippen LogP contribution in [0.1, 0.15) is 27.7 Å². The van der Waals surface area contributed by atoms with E-state index in [0.29, 0.717) is 11.1 Å². The molecule has 2 aromatic carbocycles. The molecule has 0 saturated carbocycles.